The minimum atomic E-state index is -0.0230. The molecule has 1 rings (SSSR count). The summed E-state index contributed by atoms with van der Waals surface area (Å²) in [6, 6.07) is 0. The van der Waals surface area contributed by atoms with Crippen molar-refractivity contribution in [2.75, 3.05) is 25.5 Å². The Labute approximate surface area is 59.2 Å². The van der Waals surface area contributed by atoms with Gasteiger partial charge in [-0.3, -0.25) is 0 Å². The maximum absolute atomic E-state index is 9.83. The monoisotopic (exact) mass is 147 g/mol. The lowest BCUT2D eigenvalue weighted by atomic mass is 9.89. The second-order valence-electron chi connectivity index (χ2n) is 2.44. The molecule has 9 heavy (non-hydrogen) atoms. The number of thiol groups is 1. The molecule has 0 atom stereocenters. The van der Waals surface area contributed by atoms with Gasteiger partial charge < -0.3 is 4.74 Å². The van der Waals surface area contributed by atoms with E-state index < -0.39 is 0 Å². The molecule has 1 saturated heterocycles. The fraction of sp³-hybridized carbons (Fsp3) is 1.00. The van der Waals surface area contributed by atoms with Crippen molar-refractivity contribution in [3.05, 3.63) is 4.91 Å². The molecule has 0 aromatic carbocycles. The average molecular weight is 147 g/mol. The first-order valence-corrected chi connectivity index (χ1v) is 3.44. The molecule has 0 aromatic rings. The Morgan fingerprint density at radius 3 is 2.44 bits per heavy atom. The van der Waals surface area contributed by atoms with E-state index in [0.29, 0.717) is 25.5 Å². The first kappa shape index (κ1) is 7.02. The van der Waals surface area contributed by atoms with E-state index in [1.54, 1.807) is 0 Å². The molecular weight excluding hydrogens is 138 g/mol. The first-order chi connectivity index (χ1) is 4.33. The van der Waals surface area contributed by atoms with E-state index in [0.717, 1.165) is 0 Å². The molecule has 0 spiro atoms. The summed E-state index contributed by atoms with van der Waals surface area (Å²) in [5.41, 5.74) is -0.0230. The van der Waals surface area contributed by atoms with Crippen molar-refractivity contribution in [1.29, 1.82) is 0 Å². The summed E-state index contributed by atoms with van der Waals surface area (Å²) in [4.78, 5) is 9.83. The summed E-state index contributed by atoms with van der Waals surface area (Å²) >= 11 is 4.09. The van der Waals surface area contributed by atoms with Crippen molar-refractivity contribution < 1.29 is 4.74 Å². The summed E-state index contributed by atoms with van der Waals surface area (Å²) in [5, 5.41) is 2.82. The number of hydrogen-bond donors (Lipinski definition) is 1. The van der Waals surface area contributed by atoms with Crippen LogP contribution in [0.15, 0.2) is 5.18 Å². The van der Waals surface area contributed by atoms with Crippen LogP contribution in [0.2, 0.25) is 0 Å². The Hall–Kier alpha value is -0.0900. The van der Waals surface area contributed by atoms with Gasteiger partial charge in [0.25, 0.3) is 0 Å². The van der Waals surface area contributed by atoms with Crippen molar-refractivity contribution in [2.45, 2.75) is 0 Å². The molecule has 3 nitrogen and oxygen atoms in total. The zero-order valence-corrected chi connectivity index (χ0v) is 5.93. The number of nitroso groups, excluding NO2 is 1. The standard InChI is InChI=1S/C5H9NO2S/c7-6-1-5(4-9)2-8-3-5/h9H,1-4H2. The van der Waals surface area contributed by atoms with Crippen LogP contribution in [0.4, 0.5) is 0 Å². The summed E-state index contributed by atoms with van der Waals surface area (Å²) in [6.45, 7) is 1.63. The Kier molecular flexibility index (Phi) is 2.08. The molecule has 4 heteroatoms. The van der Waals surface area contributed by atoms with Crippen LogP contribution in [-0.2, 0) is 4.74 Å². The Morgan fingerprint density at radius 1 is 1.67 bits per heavy atom. The van der Waals surface area contributed by atoms with Gasteiger partial charge in [-0.25, -0.2) is 0 Å². The van der Waals surface area contributed by atoms with Gasteiger partial charge in [0.2, 0.25) is 0 Å². The van der Waals surface area contributed by atoms with Gasteiger partial charge in [0, 0.05) is 11.2 Å². The van der Waals surface area contributed by atoms with Crippen LogP contribution in [-0.4, -0.2) is 25.5 Å². The fourth-order valence-electron chi connectivity index (χ4n) is 0.760. The lowest BCUT2D eigenvalue weighted by Crippen LogP contribution is -2.46. The highest BCUT2D eigenvalue weighted by Gasteiger charge is 2.37. The van der Waals surface area contributed by atoms with E-state index in [-0.39, 0.29) is 5.41 Å². The Balaban J connectivity index is 2.36. The minimum absolute atomic E-state index is 0.0230. The van der Waals surface area contributed by atoms with Crippen molar-refractivity contribution in [3.8, 4) is 0 Å². The molecule has 1 aliphatic heterocycles. The molecule has 0 aromatic heterocycles. The topological polar surface area (TPSA) is 38.7 Å². The largest absolute Gasteiger partial charge is 0.380 e. The van der Waals surface area contributed by atoms with Gasteiger partial charge >= 0.3 is 0 Å². The number of ether oxygens (including phenoxy) is 1. The first-order valence-electron chi connectivity index (χ1n) is 2.81. The number of hydrogen-bond acceptors (Lipinski definition) is 4. The van der Waals surface area contributed by atoms with Gasteiger partial charge in [-0.1, -0.05) is 5.18 Å². The lowest BCUT2D eigenvalue weighted by Gasteiger charge is -2.37. The van der Waals surface area contributed by atoms with E-state index in [9.17, 15) is 4.91 Å². The van der Waals surface area contributed by atoms with E-state index >= 15 is 0 Å². The minimum Gasteiger partial charge on any atom is -0.380 e. The van der Waals surface area contributed by atoms with Crippen LogP contribution >= 0.6 is 12.6 Å². The van der Waals surface area contributed by atoms with Crippen molar-refractivity contribution in [2.24, 2.45) is 10.6 Å². The molecule has 52 valence electrons. The predicted molar refractivity (Wildman–Crippen MR) is 37.8 cm³/mol. The van der Waals surface area contributed by atoms with Crippen molar-refractivity contribution in [1.82, 2.24) is 0 Å². The fourth-order valence-corrected chi connectivity index (χ4v) is 1.04. The number of rotatable bonds is 3. The smallest absolute Gasteiger partial charge is 0.0919 e. The molecule has 0 amide bonds. The van der Waals surface area contributed by atoms with E-state index in [4.69, 9.17) is 4.74 Å². The Morgan fingerprint density at radius 2 is 2.33 bits per heavy atom. The van der Waals surface area contributed by atoms with Gasteiger partial charge in [-0.15, -0.1) is 0 Å². The SMILES string of the molecule is O=NCC1(CS)COC1. The summed E-state index contributed by atoms with van der Waals surface area (Å²) in [5.74, 6) is 0.693. The van der Waals surface area contributed by atoms with Gasteiger partial charge in [0.05, 0.1) is 19.8 Å². The normalized spacial score (nSPS) is 22.8. The second kappa shape index (κ2) is 2.66. The Bertz CT molecular complexity index is 108. The molecule has 0 unspecified atom stereocenters. The summed E-state index contributed by atoms with van der Waals surface area (Å²) in [6.07, 6.45) is 0. The zero-order valence-electron chi connectivity index (χ0n) is 5.04. The number of nitrogens with zero attached hydrogens (tertiary/aromatic N) is 1. The van der Waals surface area contributed by atoms with E-state index in [1.165, 1.54) is 0 Å². The second-order valence-corrected chi connectivity index (χ2v) is 2.75. The van der Waals surface area contributed by atoms with E-state index in [2.05, 4.69) is 17.8 Å². The highest BCUT2D eigenvalue weighted by Crippen LogP contribution is 2.28. The van der Waals surface area contributed by atoms with Crippen molar-refractivity contribution in [3.63, 3.8) is 0 Å². The molecule has 0 radical (unpaired) electrons. The third-order valence-electron chi connectivity index (χ3n) is 1.55. The molecule has 0 aliphatic carbocycles. The summed E-state index contributed by atoms with van der Waals surface area (Å²) < 4.78 is 4.93. The lowest BCUT2D eigenvalue weighted by molar-refractivity contribution is -0.0912. The predicted octanol–water partition coefficient (Wildman–Crippen LogP) is 0.699. The van der Waals surface area contributed by atoms with Crippen LogP contribution in [0.25, 0.3) is 0 Å². The van der Waals surface area contributed by atoms with Crippen LogP contribution < -0.4 is 0 Å². The molecule has 1 aliphatic rings. The zero-order chi connectivity index (χ0) is 6.74. The highest BCUT2D eigenvalue weighted by atomic mass is 32.1. The molecule has 0 N–H and O–H groups in total. The average Bonchev–Trinajstić information content (AvgIpc) is 1.79. The molecule has 0 bridgehead atoms. The summed E-state index contributed by atoms with van der Waals surface area (Å²) in [7, 11) is 0. The van der Waals surface area contributed by atoms with Gasteiger partial charge in [-0.05, 0) is 0 Å². The van der Waals surface area contributed by atoms with Crippen LogP contribution in [0.3, 0.4) is 0 Å². The maximum Gasteiger partial charge on any atom is 0.0919 e. The molecule has 1 fully saturated rings. The van der Waals surface area contributed by atoms with Gasteiger partial charge in [0.15, 0.2) is 0 Å². The third kappa shape index (κ3) is 1.24. The quantitative estimate of drug-likeness (QED) is 0.471. The van der Waals surface area contributed by atoms with Crippen LogP contribution in [0.5, 0.6) is 0 Å². The highest BCUT2D eigenvalue weighted by molar-refractivity contribution is 7.80. The van der Waals surface area contributed by atoms with Gasteiger partial charge in [-0.2, -0.15) is 17.5 Å². The van der Waals surface area contributed by atoms with E-state index in [1.807, 2.05) is 0 Å². The maximum atomic E-state index is 9.83. The third-order valence-corrected chi connectivity index (χ3v) is 2.22. The van der Waals surface area contributed by atoms with Gasteiger partial charge in [0.1, 0.15) is 0 Å². The molecule has 0 saturated carbocycles. The van der Waals surface area contributed by atoms with Crippen LogP contribution in [0, 0.1) is 10.3 Å². The van der Waals surface area contributed by atoms with Crippen molar-refractivity contribution >= 4 is 12.6 Å². The molecular formula is C5H9NO2S. The van der Waals surface area contributed by atoms with Crippen LogP contribution in [0.1, 0.15) is 0 Å². The molecule has 1 heterocycles.